The summed E-state index contributed by atoms with van der Waals surface area (Å²) in [5.41, 5.74) is 5.28. The van der Waals surface area contributed by atoms with E-state index in [9.17, 15) is 14.4 Å². The van der Waals surface area contributed by atoms with Crippen LogP contribution in [0.15, 0.2) is 0 Å². The summed E-state index contributed by atoms with van der Waals surface area (Å²) in [5.74, 6) is -1.25. The topological polar surface area (TPSA) is 97.5 Å². The quantitative estimate of drug-likeness (QED) is 0.454. The van der Waals surface area contributed by atoms with Crippen LogP contribution in [0.4, 0.5) is 0 Å². The van der Waals surface area contributed by atoms with Gasteiger partial charge in [0.25, 0.3) is 0 Å². The molecule has 0 fully saturated rings. The van der Waals surface area contributed by atoms with Gasteiger partial charge in [0, 0.05) is 6.42 Å². The van der Waals surface area contributed by atoms with E-state index in [1.807, 2.05) is 0 Å². The van der Waals surface area contributed by atoms with Crippen LogP contribution in [-0.4, -0.2) is 28.7 Å². The molecule has 0 bridgehead atoms. The van der Waals surface area contributed by atoms with Crippen molar-refractivity contribution < 1.29 is 19.5 Å². The zero-order chi connectivity index (χ0) is 11.8. The molecule has 15 heavy (non-hydrogen) atoms. The summed E-state index contributed by atoms with van der Waals surface area (Å²) in [6.45, 7) is 1.37. The number of nitrogens with two attached hydrogens (primary N) is 1. The van der Waals surface area contributed by atoms with Crippen molar-refractivity contribution in [3.05, 3.63) is 0 Å². The minimum Gasteiger partial charge on any atom is -0.480 e. The molecule has 5 heteroatoms. The van der Waals surface area contributed by atoms with Crippen molar-refractivity contribution in [3.8, 4) is 0 Å². The van der Waals surface area contributed by atoms with Gasteiger partial charge in [-0.2, -0.15) is 0 Å². The zero-order valence-corrected chi connectivity index (χ0v) is 8.86. The number of carbonyl (C=O) groups excluding carboxylic acids is 2. The maximum absolute atomic E-state index is 11.1. The molecule has 0 aliphatic carbocycles. The van der Waals surface area contributed by atoms with Gasteiger partial charge >= 0.3 is 5.97 Å². The summed E-state index contributed by atoms with van der Waals surface area (Å²) in [6, 6.07) is -0.854. The summed E-state index contributed by atoms with van der Waals surface area (Å²) < 4.78 is 0. The smallest absolute Gasteiger partial charge is 0.320 e. The Labute approximate surface area is 88.6 Å². The van der Waals surface area contributed by atoms with Crippen LogP contribution in [0, 0.1) is 0 Å². The average Bonchev–Trinajstić information content (AvgIpc) is 2.10. The van der Waals surface area contributed by atoms with E-state index in [2.05, 4.69) is 0 Å². The number of aliphatic carboxylic acids is 1. The van der Waals surface area contributed by atoms with Gasteiger partial charge in [0.05, 0.1) is 6.42 Å². The SMILES string of the molecule is CC(=O)CC(=O)CCCCC(N)C(=O)O. The number of hydrogen-bond donors (Lipinski definition) is 2. The van der Waals surface area contributed by atoms with E-state index in [0.29, 0.717) is 25.7 Å². The third-order valence-electron chi connectivity index (χ3n) is 1.98. The Kier molecular flexibility index (Phi) is 6.53. The molecule has 0 spiro atoms. The van der Waals surface area contributed by atoms with Crippen molar-refractivity contribution in [2.75, 3.05) is 0 Å². The van der Waals surface area contributed by atoms with Crippen molar-refractivity contribution >= 4 is 17.5 Å². The van der Waals surface area contributed by atoms with Crippen LogP contribution in [0.3, 0.4) is 0 Å². The van der Waals surface area contributed by atoms with Crippen LogP contribution >= 0.6 is 0 Å². The molecule has 0 saturated heterocycles. The Morgan fingerprint density at radius 1 is 1.27 bits per heavy atom. The number of ketones is 2. The number of hydrogen-bond acceptors (Lipinski definition) is 4. The van der Waals surface area contributed by atoms with Crippen molar-refractivity contribution in [2.24, 2.45) is 5.73 Å². The molecule has 0 radical (unpaired) electrons. The molecule has 0 aromatic rings. The number of carbonyl (C=O) groups is 3. The maximum atomic E-state index is 11.1. The van der Waals surface area contributed by atoms with Gasteiger partial charge in [0.1, 0.15) is 17.6 Å². The van der Waals surface area contributed by atoms with Gasteiger partial charge < -0.3 is 10.8 Å². The van der Waals surface area contributed by atoms with E-state index in [0.717, 1.165) is 0 Å². The van der Waals surface area contributed by atoms with Crippen LogP contribution < -0.4 is 5.73 Å². The van der Waals surface area contributed by atoms with E-state index in [1.54, 1.807) is 0 Å². The van der Waals surface area contributed by atoms with Crippen LogP contribution in [0.1, 0.15) is 39.0 Å². The number of carboxylic acids is 1. The summed E-state index contributed by atoms with van der Waals surface area (Å²) in [6.07, 6.45) is 1.85. The number of carboxylic acid groups (broad SMARTS) is 1. The number of Topliss-reactive ketones (excluding diaryl/α,β-unsaturated/α-hetero) is 2. The standard InChI is InChI=1S/C10H17NO4/c1-7(12)6-8(13)4-2-3-5-9(11)10(14)15/h9H,2-6,11H2,1H3,(H,14,15). The fourth-order valence-electron chi connectivity index (χ4n) is 1.18. The monoisotopic (exact) mass is 215 g/mol. The molecule has 0 heterocycles. The minimum absolute atomic E-state index is 0.0228. The first-order valence-corrected chi connectivity index (χ1v) is 4.93. The highest BCUT2D eigenvalue weighted by molar-refractivity contribution is 5.97. The Morgan fingerprint density at radius 3 is 2.33 bits per heavy atom. The predicted molar refractivity (Wildman–Crippen MR) is 54.4 cm³/mol. The molecule has 5 nitrogen and oxygen atoms in total. The molecule has 0 rings (SSSR count). The molecular formula is C10H17NO4. The third-order valence-corrected chi connectivity index (χ3v) is 1.98. The molecule has 0 saturated carbocycles. The van der Waals surface area contributed by atoms with Crippen molar-refractivity contribution in [1.29, 1.82) is 0 Å². The summed E-state index contributed by atoms with van der Waals surface area (Å²) in [7, 11) is 0. The van der Waals surface area contributed by atoms with Crippen LogP contribution in [0.25, 0.3) is 0 Å². The van der Waals surface area contributed by atoms with Crippen LogP contribution in [-0.2, 0) is 14.4 Å². The highest BCUT2D eigenvalue weighted by Crippen LogP contribution is 2.04. The van der Waals surface area contributed by atoms with Gasteiger partial charge in [0.15, 0.2) is 0 Å². The fourth-order valence-corrected chi connectivity index (χ4v) is 1.18. The van der Waals surface area contributed by atoms with Gasteiger partial charge in [-0.05, 0) is 19.8 Å². The summed E-state index contributed by atoms with van der Waals surface area (Å²) in [5, 5.41) is 8.47. The lowest BCUT2D eigenvalue weighted by Crippen LogP contribution is -2.29. The Morgan fingerprint density at radius 2 is 1.87 bits per heavy atom. The number of rotatable bonds is 8. The second-order valence-corrected chi connectivity index (χ2v) is 3.61. The van der Waals surface area contributed by atoms with Gasteiger partial charge in [-0.3, -0.25) is 14.4 Å². The fraction of sp³-hybridized carbons (Fsp3) is 0.700. The molecule has 0 amide bonds. The summed E-state index contributed by atoms with van der Waals surface area (Å²) >= 11 is 0. The Hall–Kier alpha value is -1.23. The molecule has 1 unspecified atom stereocenters. The molecule has 0 aliphatic heterocycles. The zero-order valence-electron chi connectivity index (χ0n) is 8.86. The first kappa shape index (κ1) is 13.8. The van der Waals surface area contributed by atoms with E-state index in [-0.39, 0.29) is 18.0 Å². The second-order valence-electron chi connectivity index (χ2n) is 3.61. The largest absolute Gasteiger partial charge is 0.480 e. The van der Waals surface area contributed by atoms with E-state index in [4.69, 9.17) is 10.8 Å². The average molecular weight is 215 g/mol. The van der Waals surface area contributed by atoms with Crippen molar-refractivity contribution in [2.45, 2.75) is 45.1 Å². The van der Waals surface area contributed by atoms with Crippen LogP contribution in [0.5, 0.6) is 0 Å². The first-order valence-electron chi connectivity index (χ1n) is 4.93. The Balaban J connectivity index is 3.50. The molecule has 0 aromatic carbocycles. The molecule has 3 N–H and O–H groups in total. The van der Waals surface area contributed by atoms with Gasteiger partial charge in [-0.25, -0.2) is 0 Å². The molecule has 0 aliphatic rings. The third kappa shape index (κ3) is 7.81. The van der Waals surface area contributed by atoms with E-state index < -0.39 is 12.0 Å². The highest BCUT2D eigenvalue weighted by atomic mass is 16.4. The highest BCUT2D eigenvalue weighted by Gasteiger charge is 2.11. The lowest BCUT2D eigenvalue weighted by atomic mass is 10.1. The first-order chi connectivity index (χ1) is 6.93. The summed E-state index contributed by atoms with van der Waals surface area (Å²) in [4.78, 5) is 32.0. The number of unbranched alkanes of at least 4 members (excludes halogenated alkanes) is 1. The lowest BCUT2D eigenvalue weighted by molar-refractivity contribution is -0.138. The predicted octanol–water partition coefficient (Wildman–Crippen LogP) is 0.507. The van der Waals surface area contributed by atoms with Gasteiger partial charge in [-0.1, -0.05) is 6.42 Å². The van der Waals surface area contributed by atoms with Gasteiger partial charge in [0.2, 0.25) is 0 Å². The lowest BCUT2D eigenvalue weighted by Gasteiger charge is -2.04. The van der Waals surface area contributed by atoms with Crippen molar-refractivity contribution in [3.63, 3.8) is 0 Å². The second kappa shape index (κ2) is 7.11. The molecule has 86 valence electrons. The molecule has 1 atom stereocenters. The van der Waals surface area contributed by atoms with Gasteiger partial charge in [-0.15, -0.1) is 0 Å². The normalized spacial score (nSPS) is 12.1. The Bertz CT molecular complexity index is 250. The minimum atomic E-state index is -1.02. The molecule has 0 aromatic heterocycles. The van der Waals surface area contributed by atoms with Crippen LogP contribution in [0.2, 0.25) is 0 Å². The van der Waals surface area contributed by atoms with E-state index in [1.165, 1.54) is 6.92 Å². The molecular weight excluding hydrogens is 198 g/mol. The van der Waals surface area contributed by atoms with Crippen molar-refractivity contribution in [1.82, 2.24) is 0 Å². The van der Waals surface area contributed by atoms with E-state index >= 15 is 0 Å². The maximum Gasteiger partial charge on any atom is 0.320 e.